The quantitative estimate of drug-likeness (QED) is 0.267. The Morgan fingerprint density at radius 2 is 1.74 bits per heavy atom. The molecule has 0 saturated heterocycles. The van der Waals surface area contributed by atoms with Gasteiger partial charge in [0.15, 0.2) is 0 Å². The molecule has 0 aliphatic heterocycles. The highest BCUT2D eigenvalue weighted by Gasteiger charge is 2.31. The summed E-state index contributed by atoms with van der Waals surface area (Å²) in [5, 5.41) is 2.17. The monoisotopic (exact) mass is 542 g/mol. The van der Waals surface area contributed by atoms with Gasteiger partial charge < -0.3 is 9.47 Å². The van der Waals surface area contributed by atoms with Gasteiger partial charge in [0.05, 0.1) is 0 Å². The third kappa shape index (κ3) is 7.76. The molecule has 2 aromatic heterocycles. The van der Waals surface area contributed by atoms with E-state index < -0.39 is 11.7 Å². The van der Waals surface area contributed by atoms with Gasteiger partial charge in [-0.05, 0) is 68.0 Å². The van der Waals surface area contributed by atoms with Crippen LogP contribution < -0.4 is 0 Å². The maximum atomic E-state index is 11.1. The van der Waals surface area contributed by atoms with Crippen molar-refractivity contribution in [3.05, 3.63) is 84.0 Å². The molecule has 1 atom stereocenters. The Kier molecular flexibility index (Phi) is 9.52. The van der Waals surface area contributed by atoms with Crippen LogP contribution in [0.15, 0.2) is 77.1 Å². The number of hydrogen-bond donors (Lipinski definition) is 0. The molecule has 4 rings (SSSR count). The summed E-state index contributed by atoms with van der Waals surface area (Å²) in [7, 11) is 6.25. The van der Waals surface area contributed by atoms with Gasteiger partial charge in [0, 0.05) is 50.1 Å². The van der Waals surface area contributed by atoms with E-state index in [1.165, 1.54) is 40.4 Å². The van der Waals surface area contributed by atoms with E-state index in [-0.39, 0.29) is 0 Å². The van der Waals surface area contributed by atoms with E-state index in [9.17, 15) is 13.2 Å². The highest BCUT2D eigenvalue weighted by atomic mass is 32.2. The van der Waals surface area contributed by atoms with Crippen LogP contribution in [0.2, 0.25) is 0 Å². The van der Waals surface area contributed by atoms with Gasteiger partial charge in [-0.25, -0.2) is 9.97 Å². The summed E-state index contributed by atoms with van der Waals surface area (Å²) >= 11 is 1.70. The molecule has 0 N–H and O–H groups in total. The topological polar surface area (TPSA) is 34.0 Å². The second-order valence-corrected chi connectivity index (χ2v) is 11.2. The molecule has 204 valence electrons. The molecule has 0 amide bonds. The van der Waals surface area contributed by atoms with Gasteiger partial charge in [-0.1, -0.05) is 50.4 Å². The lowest BCUT2D eigenvalue weighted by atomic mass is 9.95. The highest BCUT2D eigenvalue weighted by Crippen LogP contribution is 2.44. The smallest absolute Gasteiger partial charge is 0.381 e. The summed E-state index contributed by atoms with van der Waals surface area (Å²) in [4.78, 5) is 11.8. The van der Waals surface area contributed by atoms with Crippen LogP contribution in [-0.2, 0) is 7.05 Å². The SMILES string of the molecule is C=C(C)C(F)(F)F.C=C(CC(C)c1ccc(-c2nc(C3CC3)n(C)c2Sc2ccc(C)cn2)cc1)N(C)C. The normalized spacial score (nSPS) is 13.9. The molecule has 0 bridgehead atoms. The summed E-state index contributed by atoms with van der Waals surface area (Å²) < 4.78 is 35.5. The minimum absolute atomic E-state index is 0.431. The van der Waals surface area contributed by atoms with E-state index in [2.05, 4.69) is 99.0 Å². The van der Waals surface area contributed by atoms with Crippen molar-refractivity contribution in [2.45, 2.75) is 68.1 Å². The summed E-state index contributed by atoms with van der Waals surface area (Å²) in [6.07, 6.45) is 1.17. The van der Waals surface area contributed by atoms with Gasteiger partial charge >= 0.3 is 6.18 Å². The molecule has 0 spiro atoms. The van der Waals surface area contributed by atoms with Crippen molar-refractivity contribution >= 4 is 11.8 Å². The zero-order valence-corrected chi connectivity index (χ0v) is 23.9. The van der Waals surface area contributed by atoms with E-state index in [4.69, 9.17) is 4.98 Å². The van der Waals surface area contributed by atoms with Gasteiger partial charge in [-0.3, -0.25) is 0 Å². The van der Waals surface area contributed by atoms with Crippen LogP contribution in [0.4, 0.5) is 13.2 Å². The summed E-state index contributed by atoms with van der Waals surface area (Å²) in [5.41, 5.74) is 5.13. The van der Waals surface area contributed by atoms with Crippen LogP contribution in [0.25, 0.3) is 11.3 Å². The first-order valence-corrected chi connectivity index (χ1v) is 13.4. The molecule has 4 nitrogen and oxygen atoms in total. The average Bonchev–Trinajstić information content (AvgIpc) is 3.65. The van der Waals surface area contributed by atoms with Crippen LogP contribution >= 0.6 is 11.8 Å². The van der Waals surface area contributed by atoms with Gasteiger partial charge in [0.2, 0.25) is 0 Å². The van der Waals surface area contributed by atoms with Crippen molar-refractivity contribution < 1.29 is 13.2 Å². The highest BCUT2D eigenvalue weighted by molar-refractivity contribution is 7.99. The fraction of sp³-hybridized carbons (Fsp3) is 0.400. The van der Waals surface area contributed by atoms with Crippen LogP contribution in [0.3, 0.4) is 0 Å². The van der Waals surface area contributed by atoms with Gasteiger partial charge in [-0.2, -0.15) is 13.2 Å². The molecule has 0 radical (unpaired) electrons. The molecule has 1 unspecified atom stereocenters. The molecule has 3 aromatic rings. The van der Waals surface area contributed by atoms with Crippen LogP contribution in [-0.4, -0.2) is 39.7 Å². The first-order chi connectivity index (χ1) is 17.8. The second-order valence-electron chi connectivity index (χ2n) is 10.2. The van der Waals surface area contributed by atoms with Crippen molar-refractivity contribution in [2.75, 3.05) is 14.1 Å². The van der Waals surface area contributed by atoms with Crippen molar-refractivity contribution in [3.8, 4) is 11.3 Å². The predicted octanol–water partition coefficient (Wildman–Crippen LogP) is 8.51. The minimum atomic E-state index is -4.19. The summed E-state index contributed by atoms with van der Waals surface area (Å²) in [6.45, 7) is 12.1. The lowest BCUT2D eigenvalue weighted by molar-refractivity contribution is -0.0909. The third-order valence-electron chi connectivity index (χ3n) is 6.52. The Bertz CT molecular complexity index is 1250. The van der Waals surface area contributed by atoms with E-state index in [1.54, 1.807) is 11.8 Å². The fourth-order valence-corrected chi connectivity index (χ4v) is 4.68. The molecule has 1 aliphatic rings. The Morgan fingerprint density at radius 1 is 1.13 bits per heavy atom. The Morgan fingerprint density at radius 3 is 2.21 bits per heavy atom. The molecule has 1 saturated carbocycles. The average molecular weight is 543 g/mol. The van der Waals surface area contributed by atoms with E-state index in [0.29, 0.717) is 11.8 Å². The summed E-state index contributed by atoms with van der Waals surface area (Å²) in [6, 6.07) is 13.1. The number of aromatic nitrogens is 3. The number of alkyl halides is 3. The first kappa shape index (κ1) is 29.6. The van der Waals surface area contributed by atoms with E-state index in [0.717, 1.165) is 29.8 Å². The van der Waals surface area contributed by atoms with Crippen LogP contribution in [0, 0.1) is 6.92 Å². The van der Waals surface area contributed by atoms with Crippen molar-refractivity contribution in [1.82, 2.24) is 19.4 Å². The number of hydrogen-bond acceptors (Lipinski definition) is 4. The lowest BCUT2D eigenvalue weighted by Crippen LogP contribution is -2.12. The van der Waals surface area contributed by atoms with Gasteiger partial charge in [0.1, 0.15) is 21.6 Å². The molecular weight excluding hydrogens is 505 g/mol. The number of aryl methyl sites for hydroxylation is 1. The molecule has 2 heterocycles. The Hall–Kier alpha value is -3.00. The largest absolute Gasteiger partial charge is 0.411 e. The molecule has 1 fully saturated rings. The molecular formula is C30H37F3N4S. The third-order valence-corrected chi connectivity index (χ3v) is 7.63. The number of pyridine rings is 1. The lowest BCUT2D eigenvalue weighted by Gasteiger charge is -2.20. The first-order valence-electron chi connectivity index (χ1n) is 12.6. The number of allylic oxidation sites excluding steroid dienone is 2. The Labute approximate surface area is 228 Å². The number of halogens is 3. The van der Waals surface area contributed by atoms with E-state index >= 15 is 0 Å². The van der Waals surface area contributed by atoms with Crippen LogP contribution in [0.5, 0.6) is 0 Å². The van der Waals surface area contributed by atoms with Crippen LogP contribution in [0.1, 0.15) is 61.9 Å². The zero-order chi connectivity index (χ0) is 28.2. The van der Waals surface area contributed by atoms with Gasteiger partial charge in [-0.15, -0.1) is 0 Å². The molecule has 8 heteroatoms. The minimum Gasteiger partial charge on any atom is -0.381 e. The number of nitrogens with zero attached hydrogens (tertiary/aromatic N) is 4. The molecule has 1 aromatic carbocycles. The second kappa shape index (κ2) is 12.2. The van der Waals surface area contributed by atoms with Crippen molar-refractivity contribution in [1.29, 1.82) is 0 Å². The fourth-order valence-electron chi connectivity index (χ4n) is 3.75. The zero-order valence-electron chi connectivity index (χ0n) is 23.1. The van der Waals surface area contributed by atoms with Crippen molar-refractivity contribution in [3.63, 3.8) is 0 Å². The number of imidazole rings is 1. The molecule has 38 heavy (non-hydrogen) atoms. The van der Waals surface area contributed by atoms with Gasteiger partial charge in [0.25, 0.3) is 0 Å². The number of rotatable bonds is 8. The summed E-state index contributed by atoms with van der Waals surface area (Å²) in [5.74, 6) is 2.23. The van der Waals surface area contributed by atoms with Crippen molar-refractivity contribution in [2.24, 2.45) is 7.05 Å². The van der Waals surface area contributed by atoms with E-state index in [1.807, 2.05) is 6.20 Å². The predicted molar refractivity (Wildman–Crippen MR) is 150 cm³/mol. The molecule has 1 aliphatic carbocycles. The maximum Gasteiger partial charge on any atom is 0.411 e. The Balaban J connectivity index is 0.000000505. The maximum absolute atomic E-state index is 11.1. The standard InChI is InChI=1S/C26H32N4S.C4H5F3/c1-17-7-14-23(27-16-17)31-26-24(28-25(30(26)6)22-12-13-22)21-10-8-20(9-11-21)18(2)15-19(3)29(4)5;1-3(2)4(5,6)7/h7-11,14,16,18,22H,3,12-13,15H2,1-2,4-6H3;1H2,2H3. The number of benzene rings is 1.